The first-order valence-corrected chi connectivity index (χ1v) is 9.57. The summed E-state index contributed by atoms with van der Waals surface area (Å²) >= 11 is 0. The highest BCUT2D eigenvalue weighted by Crippen LogP contribution is 2.57. The number of rotatable bonds is 1. The lowest BCUT2D eigenvalue weighted by Crippen LogP contribution is -2.43. The van der Waals surface area contributed by atoms with Gasteiger partial charge in [-0.15, -0.1) is 0 Å². The van der Waals surface area contributed by atoms with E-state index in [2.05, 4.69) is 39.8 Å². The van der Waals surface area contributed by atoms with Crippen molar-refractivity contribution in [1.82, 2.24) is 5.06 Å². The lowest BCUT2D eigenvalue weighted by Gasteiger charge is -2.31. The van der Waals surface area contributed by atoms with Crippen LogP contribution >= 0.6 is 0 Å². The molecule has 26 heavy (non-hydrogen) atoms. The summed E-state index contributed by atoms with van der Waals surface area (Å²) in [5.74, 6) is -1.04. The molecule has 0 aromatic heterocycles. The molecule has 2 aliphatic heterocycles. The van der Waals surface area contributed by atoms with Crippen LogP contribution in [0.25, 0.3) is 0 Å². The molecule has 4 nitrogen and oxygen atoms in total. The Morgan fingerprint density at radius 1 is 1.00 bits per heavy atom. The van der Waals surface area contributed by atoms with Crippen LogP contribution in [0.2, 0.25) is 0 Å². The predicted octanol–water partition coefficient (Wildman–Crippen LogP) is 3.66. The number of hydrogen-bond acceptors (Lipinski definition) is 4. The van der Waals surface area contributed by atoms with E-state index in [0.29, 0.717) is 0 Å². The summed E-state index contributed by atoms with van der Waals surface area (Å²) in [5, 5.41) is 1.96. The van der Waals surface area contributed by atoms with E-state index in [9.17, 15) is 9.59 Å². The second kappa shape index (κ2) is 5.26. The van der Waals surface area contributed by atoms with Gasteiger partial charge in [0.15, 0.2) is 11.6 Å². The van der Waals surface area contributed by atoms with E-state index in [4.69, 9.17) is 4.84 Å². The third-order valence-corrected chi connectivity index (χ3v) is 6.64. The predicted molar refractivity (Wildman–Crippen MR) is 99.9 cm³/mol. The zero-order chi connectivity index (χ0) is 19.2. The number of hydrogen-bond donors (Lipinski definition) is 0. The average Bonchev–Trinajstić information content (AvgIpc) is 3.04. The zero-order valence-electron chi connectivity index (χ0n) is 16.8. The van der Waals surface area contributed by atoms with Crippen molar-refractivity contribution in [2.24, 2.45) is 11.3 Å². The van der Waals surface area contributed by atoms with Crippen LogP contribution in [0.1, 0.15) is 62.3 Å². The monoisotopic (exact) mass is 355 g/mol. The standard InChI is InChI=1S/C22H29NO3/c1-11-8-12(2)14(13(3)9-11)15-17(24)16-19(18(15)25)26-23-20(16)21(4,5)10-22(23,6)7/h8-9,15-16,19-20H,10H2,1-7H3/t15?,16-,19-,20-/m1/s1. The Hall–Kier alpha value is -1.52. The quantitative estimate of drug-likeness (QED) is 0.722. The van der Waals surface area contributed by atoms with Crippen LogP contribution in [0, 0.1) is 32.1 Å². The van der Waals surface area contributed by atoms with Gasteiger partial charge in [-0.05, 0) is 63.1 Å². The van der Waals surface area contributed by atoms with E-state index in [1.807, 2.05) is 25.8 Å². The lowest BCUT2D eigenvalue weighted by molar-refractivity contribution is -0.200. The molecule has 3 fully saturated rings. The molecule has 0 N–H and O–H groups in total. The van der Waals surface area contributed by atoms with Gasteiger partial charge in [-0.2, -0.15) is 5.06 Å². The van der Waals surface area contributed by atoms with Gasteiger partial charge in [-0.1, -0.05) is 31.5 Å². The highest BCUT2D eigenvalue weighted by molar-refractivity contribution is 6.18. The number of Topliss-reactive ketones (excluding diaryl/α,β-unsaturated/α-hetero) is 2. The molecule has 0 radical (unpaired) electrons. The minimum Gasteiger partial charge on any atom is -0.298 e. The molecule has 2 heterocycles. The average molecular weight is 355 g/mol. The maximum Gasteiger partial charge on any atom is 0.179 e. The molecule has 4 rings (SSSR count). The Labute approximate surface area is 155 Å². The second-order valence-corrected chi connectivity index (χ2v) is 9.85. The van der Waals surface area contributed by atoms with Crippen molar-refractivity contribution in [3.05, 3.63) is 34.4 Å². The van der Waals surface area contributed by atoms with Crippen LogP contribution in [0.5, 0.6) is 0 Å². The minimum absolute atomic E-state index is 0.0324. The molecule has 1 aromatic carbocycles. The lowest BCUT2D eigenvalue weighted by atomic mass is 9.74. The van der Waals surface area contributed by atoms with Crippen molar-refractivity contribution in [3.63, 3.8) is 0 Å². The van der Waals surface area contributed by atoms with Gasteiger partial charge in [0, 0.05) is 5.54 Å². The summed E-state index contributed by atoms with van der Waals surface area (Å²) in [7, 11) is 0. The molecule has 0 amide bonds. The fourth-order valence-electron chi connectivity index (χ4n) is 6.15. The number of carbonyl (C=O) groups is 2. The summed E-state index contributed by atoms with van der Waals surface area (Å²) in [6.07, 6.45) is 0.319. The van der Waals surface area contributed by atoms with E-state index < -0.39 is 12.0 Å². The summed E-state index contributed by atoms with van der Waals surface area (Å²) in [6.45, 7) is 14.7. The molecule has 0 spiro atoms. The van der Waals surface area contributed by atoms with Crippen molar-refractivity contribution < 1.29 is 14.4 Å². The van der Waals surface area contributed by atoms with Crippen LogP contribution in [0.15, 0.2) is 12.1 Å². The molecule has 0 bridgehead atoms. The fraction of sp³-hybridized carbons (Fsp3) is 0.636. The van der Waals surface area contributed by atoms with Crippen molar-refractivity contribution in [1.29, 1.82) is 0 Å². The number of fused-ring (bicyclic) bond motifs is 3. The highest BCUT2D eigenvalue weighted by Gasteiger charge is 2.68. The van der Waals surface area contributed by atoms with E-state index in [1.165, 1.54) is 0 Å². The largest absolute Gasteiger partial charge is 0.298 e. The van der Waals surface area contributed by atoms with Crippen molar-refractivity contribution in [2.45, 2.75) is 78.5 Å². The van der Waals surface area contributed by atoms with E-state index in [-0.39, 0.29) is 34.5 Å². The number of aryl methyl sites for hydroxylation is 3. The topological polar surface area (TPSA) is 46.6 Å². The number of ketones is 2. The molecular formula is C22H29NO3. The minimum atomic E-state index is -0.674. The fourth-order valence-corrected chi connectivity index (χ4v) is 6.15. The molecule has 3 aliphatic rings. The first kappa shape index (κ1) is 17.9. The van der Waals surface area contributed by atoms with Crippen LogP contribution < -0.4 is 0 Å². The number of benzene rings is 1. The van der Waals surface area contributed by atoms with E-state index >= 15 is 0 Å². The van der Waals surface area contributed by atoms with Gasteiger partial charge in [0.05, 0.1) is 12.0 Å². The van der Waals surface area contributed by atoms with Gasteiger partial charge in [0.2, 0.25) is 0 Å². The van der Waals surface area contributed by atoms with E-state index in [1.54, 1.807) is 0 Å². The smallest absolute Gasteiger partial charge is 0.179 e. The molecule has 2 saturated heterocycles. The maximum atomic E-state index is 13.5. The number of nitrogens with zero attached hydrogens (tertiary/aromatic N) is 1. The summed E-state index contributed by atoms with van der Waals surface area (Å²) in [4.78, 5) is 32.9. The third-order valence-electron chi connectivity index (χ3n) is 6.64. The normalized spacial score (nSPS) is 35.0. The molecule has 1 aromatic rings. The van der Waals surface area contributed by atoms with Crippen LogP contribution in [-0.2, 0) is 14.4 Å². The molecular weight excluding hydrogens is 326 g/mol. The Morgan fingerprint density at radius 2 is 1.58 bits per heavy atom. The Morgan fingerprint density at radius 3 is 2.15 bits per heavy atom. The first-order chi connectivity index (χ1) is 12.0. The molecule has 1 saturated carbocycles. The summed E-state index contributed by atoms with van der Waals surface area (Å²) in [5.41, 5.74) is 3.87. The van der Waals surface area contributed by atoms with Gasteiger partial charge in [0.1, 0.15) is 12.0 Å². The number of carbonyl (C=O) groups excluding carboxylic acids is 2. The van der Waals surface area contributed by atoms with Gasteiger partial charge < -0.3 is 0 Å². The molecule has 140 valence electrons. The summed E-state index contributed by atoms with van der Waals surface area (Å²) in [6, 6.07) is 4.09. The first-order valence-electron chi connectivity index (χ1n) is 9.57. The van der Waals surface area contributed by atoms with Crippen molar-refractivity contribution >= 4 is 11.6 Å². The van der Waals surface area contributed by atoms with Crippen LogP contribution in [0.3, 0.4) is 0 Å². The van der Waals surface area contributed by atoms with Crippen molar-refractivity contribution in [3.8, 4) is 0 Å². The molecule has 4 heteroatoms. The van der Waals surface area contributed by atoms with E-state index in [0.717, 1.165) is 28.7 Å². The SMILES string of the molecule is Cc1cc(C)c(C2C(=O)[C@@H]3[C@@H](ON4[C@H]3C(C)(C)CC4(C)C)C2=O)c(C)c1. The van der Waals surface area contributed by atoms with Gasteiger partial charge in [0.25, 0.3) is 0 Å². The summed E-state index contributed by atoms with van der Waals surface area (Å²) < 4.78 is 0. The van der Waals surface area contributed by atoms with Gasteiger partial charge >= 0.3 is 0 Å². The maximum absolute atomic E-state index is 13.5. The molecule has 1 aliphatic carbocycles. The molecule has 1 unspecified atom stereocenters. The Kier molecular flexibility index (Phi) is 3.62. The zero-order valence-corrected chi connectivity index (χ0v) is 16.8. The highest BCUT2D eigenvalue weighted by atomic mass is 16.7. The number of hydroxylamine groups is 2. The Balaban J connectivity index is 1.78. The second-order valence-electron chi connectivity index (χ2n) is 9.85. The van der Waals surface area contributed by atoms with Gasteiger partial charge in [-0.25, -0.2) is 0 Å². The molecule has 4 atom stereocenters. The van der Waals surface area contributed by atoms with Crippen molar-refractivity contribution in [2.75, 3.05) is 0 Å². The van der Waals surface area contributed by atoms with Crippen LogP contribution in [0.4, 0.5) is 0 Å². The van der Waals surface area contributed by atoms with Crippen LogP contribution in [-0.4, -0.2) is 34.3 Å². The third kappa shape index (κ3) is 2.21. The van der Waals surface area contributed by atoms with Gasteiger partial charge in [-0.3, -0.25) is 14.4 Å². The Bertz CT molecular complexity index is 800.